The lowest BCUT2D eigenvalue weighted by molar-refractivity contribution is -0.134. The van der Waals surface area contributed by atoms with Crippen molar-refractivity contribution in [3.63, 3.8) is 0 Å². The Morgan fingerprint density at radius 2 is 1.83 bits per heavy atom. The fourth-order valence-corrected chi connectivity index (χ4v) is 3.77. The van der Waals surface area contributed by atoms with Crippen LogP contribution in [-0.2, 0) is 11.2 Å². The van der Waals surface area contributed by atoms with Crippen molar-refractivity contribution in [2.24, 2.45) is 5.92 Å². The van der Waals surface area contributed by atoms with Gasteiger partial charge in [0.05, 0.1) is 6.10 Å². The van der Waals surface area contributed by atoms with Gasteiger partial charge in [0, 0.05) is 58.2 Å². The Bertz CT molecular complexity index is 529. The van der Waals surface area contributed by atoms with Gasteiger partial charge in [-0.2, -0.15) is 0 Å². The minimum absolute atomic E-state index is 0.0959. The first-order valence-corrected chi connectivity index (χ1v) is 9.02. The summed E-state index contributed by atoms with van der Waals surface area (Å²) in [5.74, 6) is 0.302. The number of hydrogen-bond acceptors (Lipinski definition) is 4. The van der Waals surface area contributed by atoms with E-state index in [0.29, 0.717) is 13.0 Å². The average Bonchev–Trinajstić information content (AvgIpc) is 2.91. The van der Waals surface area contributed by atoms with Crippen LogP contribution in [0.15, 0.2) is 30.3 Å². The number of aliphatic hydroxyl groups excluding tert-OH is 1. The van der Waals surface area contributed by atoms with Gasteiger partial charge < -0.3 is 14.9 Å². The van der Waals surface area contributed by atoms with Crippen LogP contribution in [0.3, 0.4) is 0 Å². The van der Waals surface area contributed by atoms with Crippen molar-refractivity contribution in [3.05, 3.63) is 35.9 Å². The van der Waals surface area contributed by atoms with Crippen LogP contribution < -0.4 is 0 Å². The molecule has 2 heterocycles. The first-order chi connectivity index (χ1) is 11.6. The molecule has 1 N–H and O–H groups in total. The van der Waals surface area contributed by atoms with Crippen LogP contribution >= 0.6 is 0 Å². The number of amides is 1. The van der Waals surface area contributed by atoms with Gasteiger partial charge in [0.25, 0.3) is 0 Å². The zero-order valence-corrected chi connectivity index (χ0v) is 14.6. The molecular weight excluding hydrogens is 302 g/mol. The maximum Gasteiger partial charge on any atom is 0.223 e. The Morgan fingerprint density at radius 1 is 1.12 bits per heavy atom. The van der Waals surface area contributed by atoms with E-state index >= 15 is 0 Å². The Balaban J connectivity index is 1.39. The third-order valence-electron chi connectivity index (χ3n) is 5.31. The summed E-state index contributed by atoms with van der Waals surface area (Å²) in [4.78, 5) is 19.0. The molecule has 2 aliphatic heterocycles. The molecule has 132 valence electrons. The number of nitrogens with zero attached hydrogens (tertiary/aromatic N) is 3. The lowest BCUT2D eigenvalue weighted by atomic mass is 10.0. The van der Waals surface area contributed by atoms with E-state index in [1.54, 1.807) is 0 Å². The third-order valence-corrected chi connectivity index (χ3v) is 5.31. The number of likely N-dealkylation sites (tertiary alicyclic amines) is 1. The third kappa shape index (κ3) is 4.56. The van der Waals surface area contributed by atoms with Crippen LogP contribution in [0.1, 0.15) is 12.0 Å². The quantitative estimate of drug-likeness (QED) is 0.862. The molecule has 3 rings (SSSR count). The van der Waals surface area contributed by atoms with E-state index in [2.05, 4.69) is 34.1 Å². The highest BCUT2D eigenvalue weighted by molar-refractivity contribution is 5.76. The number of carbonyl (C=O) groups excluding carboxylic acids is 1. The van der Waals surface area contributed by atoms with Crippen molar-refractivity contribution in [2.75, 3.05) is 52.9 Å². The number of β-amino-alcohol motifs (C(OH)–C–C–N with tert-alkyl or cyclic N) is 1. The number of aliphatic hydroxyl groups is 1. The van der Waals surface area contributed by atoms with Crippen LogP contribution in [0.25, 0.3) is 0 Å². The standard InChI is InChI=1S/C19H29N3O2/c1-20-14-17(18(23)15-20)13-19(24)22-11-9-21(10-12-22)8-7-16-5-3-2-4-6-16/h2-6,17-18,23H,7-15H2,1H3/t17-,18-/m1/s1. The van der Waals surface area contributed by atoms with Gasteiger partial charge in [-0.15, -0.1) is 0 Å². The van der Waals surface area contributed by atoms with Gasteiger partial charge in [0.1, 0.15) is 0 Å². The van der Waals surface area contributed by atoms with Crippen molar-refractivity contribution in [2.45, 2.75) is 18.9 Å². The van der Waals surface area contributed by atoms with Gasteiger partial charge in [-0.1, -0.05) is 30.3 Å². The summed E-state index contributed by atoms with van der Waals surface area (Å²) < 4.78 is 0. The summed E-state index contributed by atoms with van der Waals surface area (Å²) in [6.45, 7) is 6.09. The molecule has 5 nitrogen and oxygen atoms in total. The zero-order chi connectivity index (χ0) is 16.9. The minimum atomic E-state index is -0.355. The van der Waals surface area contributed by atoms with E-state index in [-0.39, 0.29) is 17.9 Å². The van der Waals surface area contributed by atoms with Gasteiger partial charge in [-0.25, -0.2) is 0 Å². The Morgan fingerprint density at radius 3 is 2.46 bits per heavy atom. The van der Waals surface area contributed by atoms with Gasteiger partial charge >= 0.3 is 0 Å². The fourth-order valence-electron chi connectivity index (χ4n) is 3.77. The van der Waals surface area contributed by atoms with E-state index in [1.165, 1.54) is 5.56 Å². The van der Waals surface area contributed by atoms with Crippen LogP contribution in [0.2, 0.25) is 0 Å². The van der Waals surface area contributed by atoms with Crippen molar-refractivity contribution >= 4 is 5.91 Å². The summed E-state index contributed by atoms with van der Waals surface area (Å²) in [6.07, 6.45) is 1.19. The molecule has 0 spiro atoms. The minimum Gasteiger partial charge on any atom is -0.391 e. The van der Waals surface area contributed by atoms with Crippen LogP contribution in [-0.4, -0.2) is 84.7 Å². The zero-order valence-electron chi connectivity index (χ0n) is 14.6. The second-order valence-electron chi connectivity index (χ2n) is 7.21. The molecule has 2 aliphatic rings. The second kappa shape index (κ2) is 8.10. The molecule has 1 amide bonds. The maximum atomic E-state index is 12.5. The van der Waals surface area contributed by atoms with Crippen molar-refractivity contribution in [1.29, 1.82) is 0 Å². The van der Waals surface area contributed by atoms with Gasteiger partial charge in [0.2, 0.25) is 5.91 Å². The molecule has 0 saturated carbocycles. The molecule has 2 saturated heterocycles. The van der Waals surface area contributed by atoms with Crippen molar-refractivity contribution in [1.82, 2.24) is 14.7 Å². The lowest BCUT2D eigenvalue weighted by Gasteiger charge is -2.35. The number of benzene rings is 1. The van der Waals surface area contributed by atoms with E-state index in [0.717, 1.165) is 45.7 Å². The second-order valence-corrected chi connectivity index (χ2v) is 7.21. The number of piperazine rings is 1. The molecular formula is C19H29N3O2. The lowest BCUT2D eigenvalue weighted by Crippen LogP contribution is -2.49. The summed E-state index contributed by atoms with van der Waals surface area (Å²) in [6, 6.07) is 10.6. The summed E-state index contributed by atoms with van der Waals surface area (Å²) >= 11 is 0. The van der Waals surface area contributed by atoms with Crippen LogP contribution in [0, 0.1) is 5.92 Å². The monoisotopic (exact) mass is 331 g/mol. The predicted octanol–water partition coefficient (Wildman–Crippen LogP) is 0.686. The molecule has 1 aromatic rings. The number of carbonyl (C=O) groups is 1. The summed E-state index contributed by atoms with van der Waals surface area (Å²) in [5.41, 5.74) is 1.37. The Labute approximate surface area is 144 Å². The molecule has 1 aromatic carbocycles. The first-order valence-electron chi connectivity index (χ1n) is 9.02. The number of likely N-dealkylation sites (N-methyl/N-ethyl adjacent to an activating group) is 1. The molecule has 2 atom stereocenters. The first kappa shape index (κ1) is 17.4. The molecule has 24 heavy (non-hydrogen) atoms. The van der Waals surface area contributed by atoms with E-state index < -0.39 is 0 Å². The molecule has 0 aromatic heterocycles. The van der Waals surface area contributed by atoms with Crippen molar-refractivity contribution in [3.8, 4) is 0 Å². The largest absolute Gasteiger partial charge is 0.391 e. The fraction of sp³-hybridized carbons (Fsp3) is 0.632. The predicted molar refractivity (Wildman–Crippen MR) is 94.8 cm³/mol. The Kier molecular flexibility index (Phi) is 5.87. The van der Waals surface area contributed by atoms with Gasteiger partial charge in [-0.05, 0) is 19.0 Å². The summed E-state index contributed by atoms with van der Waals surface area (Å²) in [7, 11) is 2.00. The molecule has 2 fully saturated rings. The molecule has 0 unspecified atom stereocenters. The topological polar surface area (TPSA) is 47.0 Å². The van der Waals surface area contributed by atoms with Crippen LogP contribution in [0.5, 0.6) is 0 Å². The highest BCUT2D eigenvalue weighted by atomic mass is 16.3. The molecule has 0 radical (unpaired) electrons. The number of rotatable bonds is 5. The smallest absolute Gasteiger partial charge is 0.223 e. The highest BCUT2D eigenvalue weighted by Crippen LogP contribution is 2.20. The normalized spacial score (nSPS) is 26.0. The van der Waals surface area contributed by atoms with E-state index in [4.69, 9.17) is 0 Å². The molecule has 5 heteroatoms. The SMILES string of the molecule is CN1C[C@@H](CC(=O)N2CCN(CCc3ccccc3)CC2)[C@H](O)C1. The average molecular weight is 331 g/mol. The molecule has 0 aliphatic carbocycles. The molecule has 0 bridgehead atoms. The van der Waals surface area contributed by atoms with E-state index in [1.807, 2.05) is 18.0 Å². The van der Waals surface area contributed by atoms with Crippen LogP contribution in [0.4, 0.5) is 0 Å². The van der Waals surface area contributed by atoms with E-state index in [9.17, 15) is 9.90 Å². The van der Waals surface area contributed by atoms with Crippen molar-refractivity contribution < 1.29 is 9.90 Å². The van der Waals surface area contributed by atoms with Gasteiger partial charge in [0.15, 0.2) is 0 Å². The summed E-state index contributed by atoms with van der Waals surface area (Å²) in [5, 5.41) is 10.0. The Hall–Kier alpha value is -1.43. The highest BCUT2D eigenvalue weighted by Gasteiger charge is 2.32. The maximum absolute atomic E-state index is 12.5. The van der Waals surface area contributed by atoms with Gasteiger partial charge in [-0.3, -0.25) is 9.69 Å². The number of hydrogen-bond donors (Lipinski definition) is 1.